The third kappa shape index (κ3) is 9.92. The highest BCUT2D eigenvalue weighted by Gasteiger charge is 2.36. The lowest BCUT2D eigenvalue weighted by Gasteiger charge is -2.34. The Kier molecular flexibility index (Phi) is 11.7. The number of benzene rings is 2. The van der Waals surface area contributed by atoms with Crippen molar-refractivity contribution in [2.75, 3.05) is 20.2 Å². The van der Waals surface area contributed by atoms with E-state index in [4.69, 9.17) is 4.74 Å². The second kappa shape index (κ2) is 14.7. The number of nitrogens with zero attached hydrogens (tertiary/aromatic N) is 1. The predicted molar refractivity (Wildman–Crippen MR) is 149 cm³/mol. The van der Waals surface area contributed by atoms with Crippen LogP contribution in [0.25, 0.3) is 0 Å². The SMILES string of the molecule is C=CCN(C(=O)C(Cc1ccccc1)NC(=O)OC(C)(C)C)C(C(=O)NCC(=O)OC)c1ccc(CC)cc1. The monoisotopic (exact) mass is 537 g/mol. The van der Waals surface area contributed by atoms with Crippen molar-refractivity contribution >= 4 is 23.9 Å². The number of alkyl carbamates (subject to hydrolysis) is 1. The summed E-state index contributed by atoms with van der Waals surface area (Å²) in [6.07, 6.45) is 1.71. The van der Waals surface area contributed by atoms with Gasteiger partial charge in [0, 0.05) is 13.0 Å². The van der Waals surface area contributed by atoms with Gasteiger partial charge in [-0.25, -0.2) is 4.79 Å². The average Bonchev–Trinajstić information content (AvgIpc) is 2.90. The zero-order valence-electron chi connectivity index (χ0n) is 23.4. The number of methoxy groups -OCH3 is 1. The maximum Gasteiger partial charge on any atom is 0.408 e. The van der Waals surface area contributed by atoms with Gasteiger partial charge < -0.3 is 25.0 Å². The number of nitrogens with one attached hydrogen (secondary N) is 2. The van der Waals surface area contributed by atoms with E-state index in [1.165, 1.54) is 18.1 Å². The van der Waals surface area contributed by atoms with Crippen molar-refractivity contribution in [3.63, 3.8) is 0 Å². The minimum absolute atomic E-state index is 0.00591. The summed E-state index contributed by atoms with van der Waals surface area (Å²) < 4.78 is 10.1. The maximum absolute atomic E-state index is 14.1. The van der Waals surface area contributed by atoms with Crippen molar-refractivity contribution in [1.29, 1.82) is 0 Å². The molecule has 0 bridgehead atoms. The molecular weight excluding hydrogens is 498 g/mol. The number of hydrogen-bond donors (Lipinski definition) is 2. The molecule has 210 valence electrons. The quantitative estimate of drug-likeness (QED) is 0.315. The van der Waals surface area contributed by atoms with Crippen molar-refractivity contribution in [1.82, 2.24) is 15.5 Å². The molecule has 0 saturated carbocycles. The Hall–Kier alpha value is -4.14. The second-order valence-electron chi connectivity index (χ2n) is 9.96. The summed E-state index contributed by atoms with van der Waals surface area (Å²) >= 11 is 0. The van der Waals surface area contributed by atoms with Crippen LogP contribution in [0, 0.1) is 0 Å². The number of ether oxygens (including phenoxy) is 2. The van der Waals surface area contributed by atoms with E-state index in [0.29, 0.717) is 5.56 Å². The van der Waals surface area contributed by atoms with Crippen molar-refractivity contribution in [3.05, 3.63) is 83.9 Å². The van der Waals surface area contributed by atoms with Gasteiger partial charge in [0.25, 0.3) is 0 Å². The zero-order chi connectivity index (χ0) is 29.0. The normalized spacial score (nSPS) is 12.4. The molecular formula is C30H39N3O6. The number of amides is 3. The molecule has 9 heteroatoms. The molecule has 2 unspecified atom stereocenters. The molecule has 0 saturated heterocycles. The van der Waals surface area contributed by atoms with Crippen molar-refractivity contribution in [2.45, 2.75) is 58.2 Å². The van der Waals surface area contributed by atoms with E-state index in [9.17, 15) is 19.2 Å². The number of rotatable bonds is 12. The molecule has 2 atom stereocenters. The van der Waals surface area contributed by atoms with Crippen LogP contribution in [-0.4, -0.2) is 60.6 Å². The zero-order valence-corrected chi connectivity index (χ0v) is 23.4. The highest BCUT2D eigenvalue weighted by Crippen LogP contribution is 2.24. The Labute approximate surface area is 230 Å². The molecule has 0 aliphatic rings. The number of esters is 1. The second-order valence-corrected chi connectivity index (χ2v) is 9.96. The molecule has 0 aromatic heterocycles. The highest BCUT2D eigenvalue weighted by atomic mass is 16.6. The summed E-state index contributed by atoms with van der Waals surface area (Å²) in [6, 6.07) is 14.4. The molecule has 0 radical (unpaired) electrons. The standard InChI is InChI=1S/C30H39N3O6/c1-7-18-33(26(27(35)31-20-25(34)38-6)23-16-14-21(8-2)15-17-23)28(36)24(19-22-12-10-9-11-13-22)32-29(37)39-30(3,4)5/h7,9-17,24,26H,1,8,18-20H2,2-6H3,(H,31,35)(H,32,37). The molecule has 0 fully saturated rings. The fraction of sp³-hybridized carbons (Fsp3) is 0.400. The van der Waals surface area contributed by atoms with Crippen LogP contribution in [0.15, 0.2) is 67.3 Å². The Balaban J connectivity index is 2.51. The molecule has 0 spiro atoms. The van der Waals surface area contributed by atoms with Gasteiger partial charge in [0.1, 0.15) is 24.2 Å². The first-order chi connectivity index (χ1) is 18.5. The van der Waals surface area contributed by atoms with E-state index in [1.54, 1.807) is 32.9 Å². The molecule has 39 heavy (non-hydrogen) atoms. The Morgan fingerprint density at radius 2 is 1.64 bits per heavy atom. The predicted octanol–water partition coefficient (Wildman–Crippen LogP) is 3.73. The van der Waals surface area contributed by atoms with E-state index >= 15 is 0 Å². The number of carbonyl (C=O) groups is 4. The van der Waals surface area contributed by atoms with Crippen LogP contribution in [0.4, 0.5) is 4.79 Å². The first kappa shape index (κ1) is 31.1. The van der Waals surface area contributed by atoms with Gasteiger partial charge >= 0.3 is 12.1 Å². The summed E-state index contributed by atoms with van der Waals surface area (Å²) in [4.78, 5) is 53.4. The Morgan fingerprint density at radius 1 is 1.00 bits per heavy atom. The fourth-order valence-electron chi connectivity index (χ4n) is 3.90. The van der Waals surface area contributed by atoms with Gasteiger partial charge in [0.2, 0.25) is 11.8 Å². The summed E-state index contributed by atoms with van der Waals surface area (Å²) in [5.74, 6) is -1.71. The van der Waals surface area contributed by atoms with Crippen molar-refractivity contribution in [3.8, 4) is 0 Å². The van der Waals surface area contributed by atoms with E-state index < -0.39 is 41.6 Å². The van der Waals surface area contributed by atoms with E-state index in [1.807, 2.05) is 49.4 Å². The summed E-state index contributed by atoms with van der Waals surface area (Å²) in [6.45, 7) is 10.6. The Bertz CT molecular complexity index is 1130. The van der Waals surface area contributed by atoms with Gasteiger partial charge in [0.05, 0.1) is 7.11 Å². The lowest BCUT2D eigenvalue weighted by Crippen LogP contribution is -2.54. The van der Waals surface area contributed by atoms with Gasteiger partial charge in [-0.05, 0) is 43.9 Å². The van der Waals surface area contributed by atoms with Crippen LogP contribution in [0.1, 0.15) is 50.4 Å². The van der Waals surface area contributed by atoms with Crippen molar-refractivity contribution < 1.29 is 28.7 Å². The molecule has 2 aromatic carbocycles. The van der Waals surface area contributed by atoms with Crippen LogP contribution in [0.3, 0.4) is 0 Å². The lowest BCUT2D eigenvalue weighted by molar-refractivity contribution is -0.144. The molecule has 2 N–H and O–H groups in total. The smallest absolute Gasteiger partial charge is 0.408 e. The molecule has 3 amide bonds. The van der Waals surface area contributed by atoms with Crippen LogP contribution in [-0.2, 0) is 36.7 Å². The molecule has 0 aliphatic carbocycles. The van der Waals surface area contributed by atoms with Crippen LogP contribution in [0.5, 0.6) is 0 Å². The van der Waals surface area contributed by atoms with Crippen molar-refractivity contribution in [2.24, 2.45) is 0 Å². The van der Waals surface area contributed by atoms with E-state index in [2.05, 4.69) is 21.9 Å². The number of hydrogen-bond acceptors (Lipinski definition) is 6. The summed E-state index contributed by atoms with van der Waals surface area (Å²) in [5, 5.41) is 5.25. The fourth-order valence-corrected chi connectivity index (χ4v) is 3.90. The minimum Gasteiger partial charge on any atom is -0.468 e. The highest BCUT2D eigenvalue weighted by molar-refractivity contribution is 5.93. The van der Waals surface area contributed by atoms with E-state index in [0.717, 1.165) is 17.5 Å². The Morgan fingerprint density at radius 3 is 2.18 bits per heavy atom. The largest absolute Gasteiger partial charge is 0.468 e. The summed E-state index contributed by atoms with van der Waals surface area (Å²) in [7, 11) is 1.22. The van der Waals surface area contributed by atoms with Gasteiger partial charge in [-0.2, -0.15) is 0 Å². The molecule has 2 aromatic rings. The van der Waals surface area contributed by atoms with Gasteiger partial charge in [-0.1, -0.05) is 67.6 Å². The van der Waals surface area contributed by atoms with Gasteiger partial charge in [-0.15, -0.1) is 6.58 Å². The first-order valence-electron chi connectivity index (χ1n) is 12.9. The van der Waals surface area contributed by atoms with Gasteiger partial charge in [-0.3, -0.25) is 14.4 Å². The van der Waals surface area contributed by atoms with Crippen LogP contribution < -0.4 is 10.6 Å². The third-order valence-electron chi connectivity index (χ3n) is 5.78. The topological polar surface area (TPSA) is 114 Å². The van der Waals surface area contributed by atoms with Crippen LogP contribution >= 0.6 is 0 Å². The first-order valence-corrected chi connectivity index (χ1v) is 12.9. The molecule has 9 nitrogen and oxygen atoms in total. The molecule has 2 rings (SSSR count). The van der Waals surface area contributed by atoms with E-state index in [-0.39, 0.29) is 19.5 Å². The molecule has 0 heterocycles. The minimum atomic E-state index is -1.11. The van der Waals surface area contributed by atoms with Gasteiger partial charge in [0.15, 0.2) is 0 Å². The number of aryl methyl sites for hydroxylation is 1. The summed E-state index contributed by atoms with van der Waals surface area (Å²) in [5.41, 5.74) is 1.63. The average molecular weight is 538 g/mol. The third-order valence-corrected chi connectivity index (χ3v) is 5.78. The molecule has 0 aliphatic heterocycles. The maximum atomic E-state index is 14.1. The number of carbonyl (C=O) groups excluding carboxylic acids is 4. The lowest BCUT2D eigenvalue weighted by atomic mass is 9.99. The van der Waals surface area contributed by atoms with Crippen LogP contribution in [0.2, 0.25) is 0 Å².